The minimum Gasteiger partial charge on any atom is -0.482 e. The molecule has 1 aromatic carbocycles. The Labute approximate surface area is 138 Å². The number of amides is 1. The summed E-state index contributed by atoms with van der Waals surface area (Å²) in [5.74, 6) is -0.615. The van der Waals surface area contributed by atoms with E-state index in [4.69, 9.17) is 9.15 Å². The third kappa shape index (κ3) is 3.48. The van der Waals surface area contributed by atoms with Gasteiger partial charge in [-0.3, -0.25) is 9.59 Å². The fourth-order valence-corrected chi connectivity index (χ4v) is 2.64. The second-order valence-corrected chi connectivity index (χ2v) is 6.71. The van der Waals surface area contributed by atoms with Gasteiger partial charge in [0.15, 0.2) is 5.76 Å². The van der Waals surface area contributed by atoms with Gasteiger partial charge in [0.25, 0.3) is 5.91 Å². The number of benzene rings is 1. The first-order chi connectivity index (χ1) is 11.3. The maximum atomic E-state index is 12.8. The molecule has 24 heavy (non-hydrogen) atoms. The number of ether oxygens (including phenoxy) is 1. The van der Waals surface area contributed by atoms with Gasteiger partial charge in [-0.05, 0) is 23.1 Å². The first kappa shape index (κ1) is 16.2. The maximum absolute atomic E-state index is 12.8. The van der Waals surface area contributed by atoms with Crippen molar-refractivity contribution in [3.8, 4) is 5.75 Å². The van der Waals surface area contributed by atoms with E-state index in [1.807, 2.05) is 0 Å². The smallest absolute Gasteiger partial charge is 0.289 e. The van der Waals surface area contributed by atoms with Crippen LogP contribution >= 0.6 is 0 Å². The molecular weight excluding hydrogens is 313 g/mol. The lowest BCUT2D eigenvalue weighted by Gasteiger charge is -2.45. The second kappa shape index (κ2) is 6.11. The Morgan fingerprint density at radius 3 is 2.54 bits per heavy atom. The normalized spacial score (nSPS) is 15.7. The van der Waals surface area contributed by atoms with Crippen LogP contribution in [-0.4, -0.2) is 23.9 Å². The van der Waals surface area contributed by atoms with Gasteiger partial charge in [0.1, 0.15) is 18.7 Å². The van der Waals surface area contributed by atoms with Gasteiger partial charge in [0.05, 0.1) is 0 Å². The molecule has 1 amide bonds. The molecule has 0 radical (unpaired) electrons. The molecule has 6 heteroatoms. The summed E-state index contributed by atoms with van der Waals surface area (Å²) in [6.45, 7) is 5.52. The van der Waals surface area contributed by atoms with Crippen molar-refractivity contribution in [2.45, 2.75) is 20.5 Å². The zero-order valence-electron chi connectivity index (χ0n) is 13.5. The summed E-state index contributed by atoms with van der Waals surface area (Å²) in [6, 6.07) is 6.92. The van der Waals surface area contributed by atoms with Gasteiger partial charge in [-0.25, -0.2) is 4.39 Å². The summed E-state index contributed by atoms with van der Waals surface area (Å²) in [4.78, 5) is 25.9. The van der Waals surface area contributed by atoms with Crippen molar-refractivity contribution in [2.75, 3.05) is 13.1 Å². The van der Waals surface area contributed by atoms with Gasteiger partial charge in [0.2, 0.25) is 11.2 Å². The molecule has 126 valence electrons. The van der Waals surface area contributed by atoms with E-state index >= 15 is 0 Å². The van der Waals surface area contributed by atoms with Crippen LogP contribution in [0.25, 0.3) is 0 Å². The van der Waals surface area contributed by atoms with Crippen LogP contribution in [0.4, 0.5) is 4.39 Å². The molecule has 0 saturated carbocycles. The summed E-state index contributed by atoms with van der Waals surface area (Å²) < 4.78 is 23.5. The third-order valence-electron chi connectivity index (χ3n) is 3.84. The summed E-state index contributed by atoms with van der Waals surface area (Å²) >= 11 is 0. The fourth-order valence-electron chi connectivity index (χ4n) is 2.64. The molecule has 1 aromatic heterocycles. The summed E-state index contributed by atoms with van der Waals surface area (Å²) in [6.07, 6.45) is 1.14. The molecule has 0 N–H and O–H groups in total. The molecule has 0 atom stereocenters. The minimum atomic E-state index is -0.425. The number of carbonyl (C=O) groups is 1. The number of rotatable bonds is 4. The monoisotopic (exact) mass is 331 g/mol. The van der Waals surface area contributed by atoms with Crippen LogP contribution in [0.15, 0.2) is 45.8 Å². The minimum absolute atomic E-state index is 0.00429. The summed E-state index contributed by atoms with van der Waals surface area (Å²) in [5, 5.41) is 0. The van der Waals surface area contributed by atoms with E-state index in [2.05, 4.69) is 13.8 Å². The van der Waals surface area contributed by atoms with Crippen molar-refractivity contribution in [3.63, 3.8) is 0 Å². The lowest BCUT2D eigenvalue weighted by molar-refractivity contribution is 0.0206. The number of halogens is 1. The van der Waals surface area contributed by atoms with E-state index in [0.29, 0.717) is 13.1 Å². The van der Waals surface area contributed by atoms with E-state index in [-0.39, 0.29) is 35.3 Å². The molecule has 0 aliphatic carbocycles. The molecular formula is C18H18FNO4. The van der Waals surface area contributed by atoms with Crippen LogP contribution in [0.5, 0.6) is 5.75 Å². The number of carbonyl (C=O) groups excluding carboxylic acids is 1. The standard InChI is InChI=1S/C18H18FNO4/c1-18(2)10-20(11-18)17(22)15-7-14(21)16(9-24-15)23-8-12-3-5-13(19)6-4-12/h3-7,9H,8,10-11H2,1-2H3. The Morgan fingerprint density at radius 2 is 1.96 bits per heavy atom. The maximum Gasteiger partial charge on any atom is 0.289 e. The zero-order valence-corrected chi connectivity index (χ0v) is 13.5. The molecule has 0 bridgehead atoms. The molecule has 0 unspecified atom stereocenters. The van der Waals surface area contributed by atoms with Gasteiger partial charge in [0, 0.05) is 19.2 Å². The number of hydrogen-bond acceptors (Lipinski definition) is 4. The van der Waals surface area contributed by atoms with Crippen molar-refractivity contribution < 1.29 is 18.3 Å². The predicted molar refractivity (Wildman–Crippen MR) is 85.4 cm³/mol. The Balaban J connectivity index is 1.65. The van der Waals surface area contributed by atoms with Crippen molar-refractivity contribution in [1.82, 2.24) is 4.90 Å². The molecule has 3 rings (SSSR count). The Hall–Kier alpha value is -2.63. The number of hydrogen-bond donors (Lipinski definition) is 0. The lowest BCUT2D eigenvalue weighted by atomic mass is 9.84. The molecule has 1 saturated heterocycles. The van der Waals surface area contributed by atoms with Crippen LogP contribution in [-0.2, 0) is 6.61 Å². The average Bonchev–Trinajstić information content (AvgIpc) is 2.52. The van der Waals surface area contributed by atoms with E-state index < -0.39 is 5.43 Å². The molecule has 0 spiro atoms. The molecule has 5 nitrogen and oxygen atoms in total. The highest BCUT2D eigenvalue weighted by atomic mass is 19.1. The zero-order chi connectivity index (χ0) is 17.3. The first-order valence-electron chi connectivity index (χ1n) is 7.63. The molecule has 1 fully saturated rings. The Bertz CT molecular complexity index is 803. The second-order valence-electron chi connectivity index (χ2n) is 6.71. The van der Waals surface area contributed by atoms with Crippen LogP contribution < -0.4 is 10.2 Å². The van der Waals surface area contributed by atoms with Crippen molar-refractivity contribution in [2.24, 2.45) is 5.41 Å². The van der Waals surface area contributed by atoms with Gasteiger partial charge < -0.3 is 14.1 Å². The van der Waals surface area contributed by atoms with Gasteiger partial charge in [-0.2, -0.15) is 0 Å². The third-order valence-corrected chi connectivity index (χ3v) is 3.84. The van der Waals surface area contributed by atoms with Gasteiger partial charge in [-0.1, -0.05) is 26.0 Å². The predicted octanol–water partition coefficient (Wildman–Crippen LogP) is 2.84. The summed E-state index contributed by atoms with van der Waals surface area (Å²) in [7, 11) is 0. The van der Waals surface area contributed by atoms with Crippen LogP contribution in [0.3, 0.4) is 0 Å². The largest absolute Gasteiger partial charge is 0.482 e. The SMILES string of the molecule is CC1(C)CN(C(=O)c2cc(=O)c(OCc3ccc(F)cc3)co2)C1. The van der Waals surface area contributed by atoms with Crippen LogP contribution in [0, 0.1) is 11.2 Å². The van der Waals surface area contributed by atoms with Crippen molar-refractivity contribution >= 4 is 5.91 Å². The number of likely N-dealkylation sites (tertiary alicyclic amines) is 1. The molecule has 1 aliphatic heterocycles. The highest BCUT2D eigenvalue weighted by molar-refractivity contribution is 5.92. The lowest BCUT2D eigenvalue weighted by Crippen LogP contribution is -2.55. The topological polar surface area (TPSA) is 59.8 Å². The van der Waals surface area contributed by atoms with Crippen molar-refractivity contribution in [3.05, 3.63) is 64.0 Å². The number of nitrogens with zero attached hydrogens (tertiary/aromatic N) is 1. The van der Waals surface area contributed by atoms with E-state index in [0.717, 1.165) is 17.9 Å². The van der Waals surface area contributed by atoms with E-state index in [1.54, 1.807) is 17.0 Å². The van der Waals surface area contributed by atoms with Crippen LogP contribution in [0.1, 0.15) is 30.0 Å². The van der Waals surface area contributed by atoms with E-state index in [9.17, 15) is 14.0 Å². The van der Waals surface area contributed by atoms with Gasteiger partial charge in [-0.15, -0.1) is 0 Å². The fraction of sp³-hybridized carbons (Fsp3) is 0.333. The highest BCUT2D eigenvalue weighted by Gasteiger charge is 2.38. The Kier molecular flexibility index (Phi) is 4.13. The van der Waals surface area contributed by atoms with Gasteiger partial charge >= 0.3 is 0 Å². The molecule has 2 aromatic rings. The Morgan fingerprint density at radius 1 is 1.29 bits per heavy atom. The summed E-state index contributed by atoms with van der Waals surface area (Å²) in [5.41, 5.74) is 0.402. The molecule has 2 heterocycles. The highest BCUT2D eigenvalue weighted by Crippen LogP contribution is 2.29. The average molecular weight is 331 g/mol. The molecule has 1 aliphatic rings. The van der Waals surface area contributed by atoms with Crippen LogP contribution in [0.2, 0.25) is 0 Å². The quantitative estimate of drug-likeness (QED) is 0.864. The first-order valence-corrected chi connectivity index (χ1v) is 7.63. The van der Waals surface area contributed by atoms with Crippen molar-refractivity contribution in [1.29, 1.82) is 0 Å². The van der Waals surface area contributed by atoms with E-state index in [1.165, 1.54) is 12.1 Å².